The van der Waals surface area contributed by atoms with E-state index in [1.165, 1.54) is 64.3 Å². The predicted octanol–water partition coefficient (Wildman–Crippen LogP) is 8.45. The third-order valence-corrected chi connectivity index (χ3v) is 7.69. The highest BCUT2D eigenvalue weighted by Crippen LogP contribution is 2.51. The fourth-order valence-corrected chi connectivity index (χ4v) is 6.46. The first-order valence-corrected chi connectivity index (χ1v) is 11.2. The van der Waals surface area contributed by atoms with E-state index in [0.717, 1.165) is 6.42 Å². The van der Waals surface area contributed by atoms with Gasteiger partial charge in [-0.3, -0.25) is 0 Å². The van der Waals surface area contributed by atoms with Crippen molar-refractivity contribution < 1.29 is 0 Å². The Morgan fingerprint density at radius 3 is 2.20 bits per heavy atom. The second-order valence-corrected chi connectivity index (χ2v) is 9.17. The topological polar surface area (TPSA) is 0 Å². The average Bonchev–Trinajstić information content (AvgIpc) is 3.38. The van der Waals surface area contributed by atoms with E-state index < -0.39 is 0 Å². The average molecular weight is 399 g/mol. The van der Waals surface area contributed by atoms with Crippen molar-refractivity contribution in [2.45, 2.75) is 6.42 Å². The summed E-state index contributed by atoms with van der Waals surface area (Å²) in [6, 6.07) is 35.6. The zero-order chi connectivity index (χ0) is 19.7. The van der Waals surface area contributed by atoms with Crippen molar-refractivity contribution in [3.05, 3.63) is 108 Å². The molecule has 0 radical (unpaired) electrons. The lowest BCUT2D eigenvalue weighted by Gasteiger charge is -2.10. The Bertz CT molecular complexity index is 1600. The van der Waals surface area contributed by atoms with Gasteiger partial charge in [-0.1, -0.05) is 84.9 Å². The molecule has 30 heavy (non-hydrogen) atoms. The van der Waals surface area contributed by atoms with Crippen molar-refractivity contribution >= 4 is 42.3 Å². The van der Waals surface area contributed by atoms with Gasteiger partial charge >= 0.3 is 0 Å². The van der Waals surface area contributed by atoms with E-state index in [1.807, 2.05) is 11.3 Å². The van der Waals surface area contributed by atoms with Crippen molar-refractivity contribution in [3.63, 3.8) is 0 Å². The van der Waals surface area contributed by atoms with Gasteiger partial charge in [0.25, 0.3) is 0 Å². The normalized spacial score (nSPS) is 12.5. The maximum Gasteiger partial charge on any atom is 0.0443 e. The first kappa shape index (κ1) is 16.4. The van der Waals surface area contributed by atoms with E-state index in [4.69, 9.17) is 0 Å². The Hall–Kier alpha value is -3.42. The summed E-state index contributed by atoms with van der Waals surface area (Å²) in [7, 11) is 0. The van der Waals surface area contributed by atoms with Crippen LogP contribution >= 0.6 is 11.3 Å². The predicted molar refractivity (Wildman–Crippen MR) is 131 cm³/mol. The highest BCUT2D eigenvalue weighted by Gasteiger charge is 2.26. The van der Waals surface area contributed by atoms with Crippen LogP contribution in [0.5, 0.6) is 0 Å². The quantitative estimate of drug-likeness (QED) is 0.260. The molecule has 0 saturated carbocycles. The molecular formula is C29H18S. The second kappa shape index (κ2) is 6.04. The Kier molecular flexibility index (Phi) is 3.30. The molecular weight excluding hydrogens is 380 g/mol. The molecule has 1 aromatic heterocycles. The molecule has 1 aliphatic rings. The van der Waals surface area contributed by atoms with Crippen LogP contribution in [0.2, 0.25) is 0 Å². The van der Waals surface area contributed by atoms with Gasteiger partial charge in [-0.2, -0.15) is 0 Å². The van der Waals surface area contributed by atoms with Crippen LogP contribution in [-0.4, -0.2) is 0 Å². The van der Waals surface area contributed by atoms with Crippen LogP contribution in [0.25, 0.3) is 53.2 Å². The van der Waals surface area contributed by atoms with Crippen LogP contribution in [0, 0.1) is 0 Å². The maximum absolute atomic E-state index is 2.41. The molecule has 140 valence electrons. The number of fused-ring (bicyclic) bond motifs is 10. The fourth-order valence-electron chi connectivity index (χ4n) is 5.16. The highest BCUT2D eigenvalue weighted by molar-refractivity contribution is 7.26. The largest absolute Gasteiger partial charge is 0.134 e. The molecule has 0 nitrogen and oxygen atoms in total. The van der Waals surface area contributed by atoms with Crippen LogP contribution in [0.15, 0.2) is 97.1 Å². The Morgan fingerprint density at radius 1 is 0.600 bits per heavy atom. The summed E-state index contributed by atoms with van der Waals surface area (Å²) in [5, 5.41) is 5.59. The number of hydrogen-bond donors (Lipinski definition) is 0. The van der Waals surface area contributed by atoms with Crippen molar-refractivity contribution in [1.29, 1.82) is 0 Å². The summed E-state index contributed by atoms with van der Waals surface area (Å²) in [6.45, 7) is 0. The summed E-state index contributed by atoms with van der Waals surface area (Å²) >= 11 is 1.95. The molecule has 0 bridgehead atoms. The van der Waals surface area contributed by atoms with E-state index in [0.29, 0.717) is 0 Å². The van der Waals surface area contributed by atoms with Gasteiger partial charge in [-0.15, -0.1) is 11.3 Å². The van der Waals surface area contributed by atoms with Crippen LogP contribution in [0.3, 0.4) is 0 Å². The molecule has 0 unspecified atom stereocenters. The van der Waals surface area contributed by atoms with Crippen molar-refractivity contribution in [1.82, 2.24) is 0 Å². The van der Waals surface area contributed by atoms with E-state index in [9.17, 15) is 0 Å². The molecule has 1 heteroatoms. The summed E-state index contributed by atoms with van der Waals surface area (Å²) < 4.78 is 2.81. The summed E-state index contributed by atoms with van der Waals surface area (Å²) in [6.07, 6.45) is 1.02. The Balaban J connectivity index is 1.63. The molecule has 0 amide bonds. The van der Waals surface area contributed by atoms with Crippen LogP contribution < -0.4 is 0 Å². The van der Waals surface area contributed by atoms with Crippen molar-refractivity contribution in [3.8, 4) is 22.3 Å². The number of benzene rings is 5. The molecule has 0 saturated heterocycles. The van der Waals surface area contributed by atoms with Gasteiger partial charge in [-0.25, -0.2) is 0 Å². The first-order valence-electron chi connectivity index (χ1n) is 10.4. The zero-order valence-electron chi connectivity index (χ0n) is 16.4. The van der Waals surface area contributed by atoms with Gasteiger partial charge in [0, 0.05) is 25.7 Å². The SMILES string of the molecule is c1ccc(-c2ccc3c(c2)-c2c(c4ccccc4c4c2sc2ccccc24)C3)cc1. The zero-order valence-corrected chi connectivity index (χ0v) is 17.2. The molecule has 0 aliphatic heterocycles. The second-order valence-electron chi connectivity index (χ2n) is 8.12. The summed E-state index contributed by atoms with van der Waals surface area (Å²) in [5.74, 6) is 0. The first-order chi connectivity index (χ1) is 14.9. The third kappa shape index (κ3) is 2.16. The maximum atomic E-state index is 2.41. The van der Waals surface area contributed by atoms with Crippen molar-refractivity contribution in [2.75, 3.05) is 0 Å². The van der Waals surface area contributed by atoms with E-state index in [-0.39, 0.29) is 0 Å². The molecule has 0 fully saturated rings. The van der Waals surface area contributed by atoms with Crippen LogP contribution in [0.1, 0.15) is 11.1 Å². The summed E-state index contributed by atoms with van der Waals surface area (Å²) in [5.41, 5.74) is 8.38. The van der Waals surface area contributed by atoms with Gasteiger partial charge < -0.3 is 0 Å². The number of rotatable bonds is 1. The third-order valence-electron chi connectivity index (χ3n) is 6.50. The van der Waals surface area contributed by atoms with Gasteiger partial charge in [0.2, 0.25) is 0 Å². The van der Waals surface area contributed by atoms with Gasteiger partial charge in [0.05, 0.1) is 0 Å². The number of hydrogen-bond acceptors (Lipinski definition) is 1. The van der Waals surface area contributed by atoms with Crippen molar-refractivity contribution in [2.24, 2.45) is 0 Å². The van der Waals surface area contributed by atoms with E-state index in [2.05, 4.69) is 97.1 Å². The Morgan fingerprint density at radius 2 is 1.33 bits per heavy atom. The summed E-state index contributed by atoms with van der Waals surface area (Å²) in [4.78, 5) is 0. The lowest BCUT2D eigenvalue weighted by atomic mass is 9.94. The molecule has 6 aromatic rings. The minimum absolute atomic E-state index is 1.02. The minimum Gasteiger partial charge on any atom is -0.134 e. The molecule has 1 heterocycles. The standard InChI is InChI=1S/C29H18S/c1-2-8-18(9-3-1)19-14-15-20-17-25-21-10-4-5-11-22(21)27-23-12-6-7-13-26(23)30-29(27)28(25)24(20)16-19/h1-16H,17H2. The van der Waals surface area contributed by atoms with Crippen LogP contribution in [-0.2, 0) is 6.42 Å². The molecule has 7 rings (SSSR count). The lowest BCUT2D eigenvalue weighted by Crippen LogP contribution is -1.85. The fraction of sp³-hybridized carbons (Fsp3) is 0.0345. The van der Waals surface area contributed by atoms with Crippen LogP contribution in [0.4, 0.5) is 0 Å². The Labute approximate surface area is 179 Å². The molecule has 0 atom stereocenters. The highest BCUT2D eigenvalue weighted by atomic mass is 32.1. The van der Waals surface area contributed by atoms with Gasteiger partial charge in [0.1, 0.15) is 0 Å². The lowest BCUT2D eigenvalue weighted by molar-refractivity contribution is 1.29. The molecule has 0 spiro atoms. The van der Waals surface area contributed by atoms with E-state index in [1.54, 1.807) is 0 Å². The van der Waals surface area contributed by atoms with E-state index >= 15 is 0 Å². The number of thiophene rings is 1. The molecule has 5 aromatic carbocycles. The smallest absolute Gasteiger partial charge is 0.0443 e. The minimum atomic E-state index is 1.02. The van der Waals surface area contributed by atoms with Gasteiger partial charge in [-0.05, 0) is 57.1 Å². The molecule has 0 N–H and O–H groups in total. The van der Waals surface area contributed by atoms with Gasteiger partial charge in [0.15, 0.2) is 0 Å². The monoisotopic (exact) mass is 398 g/mol. The molecule has 1 aliphatic carbocycles.